The van der Waals surface area contributed by atoms with Gasteiger partial charge in [-0.25, -0.2) is 9.97 Å². The molecule has 0 spiro atoms. The van der Waals surface area contributed by atoms with E-state index in [1.165, 1.54) is 0 Å². The van der Waals surface area contributed by atoms with Crippen molar-refractivity contribution in [3.05, 3.63) is 34.8 Å². The Morgan fingerprint density at radius 1 is 1.43 bits per heavy atom. The molecule has 2 aromatic heterocycles. The molecule has 21 heavy (non-hydrogen) atoms. The van der Waals surface area contributed by atoms with Crippen molar-refractivity contribution in [3.63, 3.8) is 0 Å². The van der Waals surface area contributed by atoms with Crippen molar-refractivity contribution in [2.24, 2.45) is 0 Å². The molecule has 5 nitrogen and oxygen atoms in total. The Kier molecular flexibility index (Phi) is 5.50. The molecule has 0 saturated heterocycles. The number of carbonyl (C=O) groups is 1. The Bertz CT molecular complexity index is 562. The van der Waals surface area contributed by atoms with Crippen LogP contribution < -0.4 is 5.32 Å². The fourth-order valence-corrected chi connectivity index (χ4v) is 2.92. The van der Waals surface area contributed by atoms with Crippen LogP contribution in [0.25, 0.3) is 0 Å². The molecule has 0 fully saturated rings. The summed E-state index contributed by atoms with van der Waals surface area (Å²) in [5, 5.41) is 6.16. The first kappa shape index (κ1) is 15.7. The molecule has 1 amide bonds. The van der Waals surface area contributed by atoms with Crippen molar-refractivity contribution >= 4 is 17.2 Å². The molecule has 0 aliphatic heterocycles. The maximum atomic E-state index is 11.9. The standard InChI is InChI=1S/C15H22N4OS/c1-11(2)15-18-13(9-21-15)12(3)17-14(20)5-4-7-19-8-6-16-10-19/h6,8-12H,4-5,7H2,1-3H3,(H,17,20)/t12-/m1/s1. The molecule has 0 aliphatic carbocycles. The number of nitrogens with zero attached hydrogens (tertiary/aromatic N) is 3. The molecule has 0 bridgehead atoms. The van der Waals surface area contributed by atoms with Gasteiger partial charge in [-0.15, -0.1) is 11.3 Å². The number of hydrogen-bond acceptors (Lipinski definition) is 4. The molecule has 1 N–H and O–H groups in total. The van der Waals surface area contributed by atoms with E-state index in [0.717, 1.165) is 23.7 Å². The second kappa shape index (κ2) is 7.36. The molecule has 0 aromatic carbocycles. The van der Waals surface area contributed by atoms with E-state index in [9.17, 15) is 4.79 Å². The van der Waals surface area contributed by atoms with Gasteiger partial charge in [-0.2, -0.15) is 0 Å². The third kappa shape index (κ3) is 4.67. The largest absolute Gasteiger partial charge is 0.348 e. The number of aromatic nitrogens is 3. The van der Waals surface area contributed by atoms with Gasteiger partial charge in [0, 0.05) is 36.7 Å². The first-order chi connectivity index (χ1) is 10.1. The highest BCUT2D eigenvalue weighted by Gasteiger charge is 2.14. The van der Waals surface area contributed by atoms with E-state index in [1.54, 1.807) is 23.9 Å². The van der Waals surface area contributed by atoms with Crippen LogP contribution >= 0.6 is 11.3 Å². The predicted molar refractivity (Wildman–Crippen MR) is 84.2 cm³/mol. The van der Waals surface area contributed by atoms with E-state index in [2.05, 4.69) is 29.1 Å². The van der Waals surface area contributed by atoms with Crippen LogP contribution in [0, 0.1) is 0 Å². The smallest absolute Gasteiger partial charge is 0.220 e. The molecule has 0 radical (unpaired) electrons. The van der Waals surface area contributed by atoms with E-state index in [-0.39, 0.29) is 11.9 Å². The van der Waals surface area contributed by atoms with Gasteiger partial charge in [-0.05, 0) is 13.3 Å². The summed E-state index contributed by atoms with van der Waals surface area (Å²) in [6.07, 6.45) is 6.75. The number of amides is 1. The van der Waals surface area contributed by atoms with Crippen LogP contribution in [0.3, 0.4) is 0 Å². The average Bonchev–Trinajstić information content (AvgIpc) is 3.09. The Morgan fingerprint density at radius 2 is 2.24 bits per heavy atom. The summed E-state index contributed by atoms with van der Waals surface area (Å²) >= 11 is 1.66. The first-order valence-electron chi connectivity index (χ1n) is 7.26. The lowest BCUT2D eigenvalue weighted by Gasteiger charge is -2.11. The van der Waals surface area contributed by atoms with Crippen LogP contribution in [0.2, 0.25) is 0 Å². The highest BCUT2D eigenvalue weighted by atomic mass is 32.1. The molecule has 1 atom stereocenters. The minimum Gasteiger partial charge on any atom is -0.348 e. The molecular weight excluding hydrogens is 284 g/mol. The van der Waals surface area contributed by atoms with Crippen molar-refractivity contribution in [3.8, 4) is 0 Å². The zero-order chi connectivity index (χ0) is 15.2. The molecule has 0 unspecified atom stereocenters. The quantitative estimate of drug-likeness (QED) is 0.855. The van der Waals surface area contributed by atoms with Crippen LogP contribution in [-0.4, -0.2) is 20.4 Å². The van der Waals surface area contributed by atoms with Crippen molar-refractivity contribution in [1.29, 1.82) is 0 Å². The summed E-state index contributed by atoms with van der Waals surface area (Å²) in [6.45, 7) is 7.05. The predicted octanol–water partition coefficient (Wildman–Crippen LogP) is 3.12. The van der Waals surface area contributed by atoms with Crippen LogP contribution in [0.4, 0.5) is 0 Å². The van der Waals surface area contributed by atoms with Crippen LogP contribution in [0.5, 0.6) is 0 Å². The van der Waals surface area contributed by atoms with Crippen LogP contribution in [-0.2, 0) is 11.3 Å². The lowest BCUT2D eigenvalue weighted by Crippen LogP contribution is -2.26. The number of aryl methyl sites for hydroxylation is 1. The fraction of sp³-hybridized carbons (Fsp3) is 0.533. The number of rotatable bonds is 7. The molecule has 2 heterocycles. The van der Waals surface area contributed by atoms with Crippen LogP contribution in [0.15, 0.2) is 24.1 Å². The summed E-state index contributed by atoms with van der Waals surface area (Å²) in [4.78, 5) is 20.5. The minimum atomic E-state index is -0.0329. The van der Waals surface area contributed by atoms with Crippen molar-refractivity contribution in [2.45, 2.75) is 52.1 Å². The third-order valence-corrected chi connectivity index (χ3v) is 4.40. The highest BCUT2D eigenvalue weighted by molar-refractivity contribution is 7.09. The van der Waals surface area contributed by atoms with Crippen molar-refractivity contribution in [1.82, 2.24) is 19.9 Å². The van der Waals surface area contributed by atoms with Crippen molar-refractivity contribution in [2.75, 3.05) is 0 Å². The van der Waals surface area contributed by atoms with Gasteiger partial charge in [-0.1, -0.05) is 13.8 Å². The summed E-state index contributed by atoms with van der Waals surface area (Å²) in [5.41, 5.74) is 0.951. The number of nitrogens with one attached hydrogen (secondary N) is 1. The molecule has 2 rings (SSSR count). The van der Waals surface area contributed by atoms with E-state index >= 15 is 0 Å². The number of imidazole rings is 1. The number of thiazole rings is 1. The Balaban J connectivity index is 1.75. The van der Waals surface area contributed by atoms with Gasteiger partial charge < -0.3 is 9.88 Å². The molecule has 0 aliphatic rings. The van der Waals surface area contributed by atoms with Gasteiger partial charge in [0.15, 0.2) is 0 Å². The average molecular weight is 306 g/mol. The topological polar surface area (TPSA) is 59.8 Å². The maximum absolute atomic E-state index is 11.9. The van der Waals surface area contributed by atoms with E-state index < -0.39 is 0 Å². The Labute approximate surface area is 129 Å². The van der Waals surface area contributed by atoms with Crippen molar-refractivity contribution < 1.29 is 4.79 Å². The highest BCUT2D eigenvalue weighted by Crippen LogP contribution is 2.22. The number of carbonyl (C=O) groups excluding carboxylic acids is 1. The van der Waals surface area contributed by atoms with Gasteiger partial charge in [0.2, 0.25) is 5.91 Å². The zero-order valence-corrected chi connectivity index (χ0v) is 13.6. The van der Waals surface area contributed by atoms with Gasteiger partial charge in [0.1, 0.15) is 0 Å². The maximum Gasteiger partial charge on any atom is 0.220 e. The van der Waals surface area contributed by atoms with Gasteiger partial charge >= 0.3 is 0 Å². The molecule has 0 saturated carbocycles. The second-order valence-corrected chi connectivity index (χ2v) is 6.35. The van der Waals surface area contributed by atoms with Gasteiger partial charge in [0.05, 0.1) is 23.1 Å². The fourth-order valence-electron chi connectivity index (χ4n) is 1.99. The first-order valence-corrected chi connectivity index (χ1v) is 8.14. The summed E-state index contributed by atoms with van der Waals surface area (Å²) in [6, 6.07) is -0.0329. The summed E-state index contributed by atoms with van der Waals surface area (Å²) in [7, 11) is 0. The Morgan fingerprint density at radius 3 is 2.86 bits per heavy atom. The van der Waals surface area contributed by atoms with Gasteiger partial charge in [-0.3, -0.25) is 4.79 Å². The molecule has 2 aromatic rings. The Hall–Kier alpha value is -1.69. The lowest BCUT2D eigenvalue weighted by molar-refractivity contribution is -0.121. The SMILES string of the molecule is CC(C)c1nc([C@@H](C)NC(=O)CCCn2ccnc2)cs1. The van der Waals surface area contributed by atoms with E-state index in [0.29, 0.717) is 12.3 Å². The second-order valence-electron chi connectivity index (χ2n) is 5.46. The van der Waals surface area contributed by atoms with E-state index in [4.69, 9.17) is 0 Å². The lowest BCUT2D eigenvalue weighted by atomic mass is 10.2. The molecule has 6 heteroatoms. The van der Waals surface area contributed by atoms with Gasteiger partial charge in [0.25, 0.3) is 0 Å². The number of hydrogen-bond donors (Lipinski definition) is 1. The zero-order valence-electron chi connectivity index (χ0n) is 12.7. The molecule has 114 valence electrons. The van der Waals surface area contributed by atoms with E-state index in [1.807, 2.05) is 23.1 Å². The molecular formula is C15H22N4OS. The van der Waals surface area contributed by atoms with Crippen LogP contribution in [0.1, 0.15) is 56.3 Å². The summed E-state index contributed by atoms with van der Waals surface area (Å²) < 4.78 is 1.98. The third-order valence-electron chi connectivity index (χ3n) is 3.23. The normalized spacial score (nSPS) is 12.6. The minimum absolute atomic E-state index is 0.0329. The monoisotopic (exact) mass is 306 g/mol. The summed E-state index contributed by atoms with van der Waals surface area (Å²) in [5.74, 6) is 0.503.